The molecule has 0 atom stereocenters. The first-order valence-corrected chi connectivity index (χ1v) is 6.86. The van der Waals surface area contributed by atoms with Gasteiger partial charge in [-0.05, 0) is 40.2 Å². The zero-order chi connectivity index (χ0) is 14.0. The minimum absolute atomic E-state index is 0.197. The van der Waals surface area contributed by atoms with E-state index < -0.39 is 23.1 Å². The lowest BCUT2D eigenvalue weighted by Crippen LogP contribution is -2.25. The van der Waals surface area contributed by atoms with Crippen LogP contribution in [-0.2, 0) is 6.54 Å². The van der Waals surface area contributed by atoms with Crippen molar-refractivity contribution in [3.8, 4) is 0 Å². The van der Waals surface area contributed by atoms with Crippen molar-refractivity contribution in [1.82, 2.24) is 5.32 Å². The molecule has 1 aromatic heterocycles. The highest BCUT2D eigenvalue weighted by molar-refractivity contribution is 9.11. The van der Waals surface area contributed by atoms with Gasteiger partial charge in [0.15, 0.2) is 5.82 Å². The number of amides is 1. The van der Waals surface area contributed by atoms with Gasteiger partial charge in [0.05, 0.1) is 16.0 Å². The summed E-state index contributed by atoms with van der Waals surface area (Å²) < 4.78 is 28.0. The lowest BCUT2D eigenvalue weighted by molar-refractivity contribution is 0.0943. The average molecular weight is 347 g/mol. The number of benzene rings is 1. The first kappa shape index (κ1) is 14.0. The Balaban J connectivity index is 2.14. The molecular weight excluding hydrogens is 338 g/mol. The SMILES string of the molecule is Nc1ccc(F)c(C(=O)NCc2ccc(Br)s2)c1F. The molecule has 0 aliphatic heterocycles. The first-order chi connectivity index (χ1) is 8.99. The standard InChI is InChI=1S/C12H9BrF2N2OS/c13-9-4-1-6(19-9)5-17-12(18)10-7(14)2-3-8(16)11(10)15/h1-4H,5,16H2,(H,17,18). The average Bonchev–Trinajstić information content (AvgIpc) is 2.78. The van der Waals surface area contributed by atoms with E-state index in [9.17, 15) is 13.6 Å². The second kappa shape index (κ2) is 5.66. The van der Waals surface area contributed by atoms with E-state index in [0.29, 0.717) is 0 Å². The number of thiophene rings is 1. The Labute approximate surface area is 120 Å². The molecule has 1 heterocycles. The molecule has 1 amide bonds. The van der Waals surface area contributed by atoms with Crippen LogP contribution < -0.4 is 11.1 Å². The zero-order valence-electron chi connectivity index (χ0n) is 9.54. The largest absolute Gasteiger partial charge is 0.396 e. The van der Waals surface area contributed by atoms with Crippen molar-refractivity contribution in [3.05, 3.63) is 50.1 Å². The lowest BCUT2D eigenvalue weighted by atomic mass is 10.1. The number of nitrogen functional groups attached to an aromatic ring is 1. The normalized spacial score (nSPS) is 10.5. The fourth-order valence-corrected chi connectivity index (χ4v) is 2.90. The van der Waals surface area contributed by atoms with E-state index in [1.54, 1.807) is 6.07 Å². The van der Waals surface area contributed by atoms with Crippen LogP contribution in [0.1, 0.15) is 15.2 Å². The van der Waals surface area contributed by atoms with E-state index in [1.807, 2.05) is 6.07 Å². The van der Waals surface area contributed by atoms with E-state index in [4.69, 9.17) is 5.73 Å². The Hall–Kier alpha value is -1.47. The predicted molar refractivity (Wildman–Crippen MR) is 74.0 cm³/mol. The Morgan fingerprint density at radius 1 is 1.32 bits per heavy atom. The van der Waals surface area contributed by atoms with Crippen LogP contribution in [0.15, 0.2) is 28.1 Å². The van der Waals surface area contributed by atoms with Gasteiger partial charge >= 0.3 is 0 Å². The molecule has 100 valence electrons. The smallest absolute Gasteiger partial charge is 0.257 e. The number of nitrogens with two attached hydrogens (primary N) is 1. The molecule has 0 aliphatic carbocycles. The van der Waals surface area contributed by atoms with Gasteiger partial charge in [-0.1, -0.05) is 0 Å². The molecule has 19 heavy (non-hydrogen) atoms. The van der Waals surface area contributed by atoms with Crippen LogP contribution in [0.4, 0.5) is 14.5 Å². The maximum absolute atomic E-state index is 13.6. The van der Waals surface area contributed by atoms with Gasteiger partial charge in [-0.15, -0.1) is 11.3 Å². The van der Waals surface area contributed by atoms with Crippen molar-refractivity contribution in [2.24, 2.45) is 0 Å². The van der Waals surface area contributed by atoms with E-state index in [-0.39, 0.29) is 12.2 Å². The number of carbonyl (C=O) groups is 1. The zero-order valence-corrected chi connectivity index (χ0v) is 11.9. The van der Waals surface area contributed by atoms with E-state index in [0.717, 1.165) is 20.8 Å². The molecule has 3 N–H and O–H groups in total. The summed E-state index contributed by atoms with van der Waals surface area (Å²) in [7, 11) is 0. The van der Waals surface area contributed by atoms with Gasteiger partial charge in [-0.2, -0.15) is 0 Å². The van der Waals surface area contributed by atoms with Crippen LogP contribution in [0, 0.1) is 11.6 Å². The van der Waals surface area contributed by atoms with E-state index >= 15 is 0 Å². The van der Waals surface area contributed by atoms with Crippen LogP contribution in [0.3, 0.4) is 0 Å². The fourth-order valence-electron chi connectivity index (χ4n) is 1.48. The van der Waals surface area contributed by atoms with Gasteiger partial charge < -0.3 is 11.1 Å². The number of halogens is 3. The lowest BCUT2D eigenvalue weighted by Gasteiger charge is -2.07. The van der Waals surface area contributed by atoms with Crippen molar-refractivity contribution >= 4 is 38.9 Å². The quantitative estimate of drug-likeness (QED) is 0.837. The van der Waals surface area contributed by atoms with Gasteiger partial charge in [0.25, 0.3) is 5.91 Å². The molecular formula is C12H9BrF2N2OS. The van der Waals surface area contributed by atoms with Gasteiger partial charge in [-0.25, -0.2) is 8.78 Å². The topological polar surface area (TPSA) is 55.1 Å². The van der Waals surface area contributed by atoms with E-state index in [2.05, 4.69) is 21.2 Å². The Bertz CT molecular complexity index is 630. The molecule has 0 spiro atoms. The molecule has 0 bridgehead atoms. The van der Waals surface area contributed by atoms with Crippen LogP contribution in [0.5, 0.6) is 0 Å². The molecule has 0 unspecified atom stereocenters. The maximum Gasteiger partial charge on any atom is 0.257 e. The Kier molecular flexibility index (Phi) is 4.16. The number of carbonyl (C=O) groups excluding carboxylic acids is 1. The number of hydrogen-bond donors (Lipinski definition) is 2. The van der Waals surface area contributed by atoms with Crippen LogP contribution in [-0.4, -0.2) is 5.91 Å². The van der Waals surface area contributed by atoms with Gasteiger partial charge in [-0.3, -0.25) is 4.79 Å². The van der Waals surface area contributed by atoms with Gasteiger partial charge in [0.1, 0.15) is 11.4 Å². The highest BCUT2D eigenvalue weighted by Gasteiger charge is 2.19. The highest BCUT2D eigenvalue weighted by atomic mass is 79.9. The van der Waals surface area contributed by atoms with Crippen molar-refractivity contribution in [1.29, 1.82) is 0 Å². The highest BCUT2D eigenvalue weighted by Crippen LogP contribution is 2.22. The number of anilines is 1. The Morgan fingerprint density at radius 3 is 2.68 bits per heavy atom. The second-order valence-corrected chi connectivity index (χ2v) is 6.26. The molecule has 0 saturated carbocycles. The van der Waals surface area contributed by atoms with Crippen molar-refractivity contribution < 1.29 is 13.6 Å². The summed E-state index contributed by atoms with van der Waals surface area (Å²) in [5.74, 6) is -2.80. The predicted octanol–water partition coefficient (Wildman–Crippen LogP) is 3.30. The molecule has 0 radical (unpaired) electrons. The maximum atomic E-state index is 13.6. The molecule has 2 aromatic rings. The molecule has 3 nitrogen and oxygen atoms in total. The Morgan fingerprint density at radius 2 is 2.05 bits per heavy atom. The van der Waals surface area contributed by atoms with Crippen molar-refractivity contribution in [2.45, 2.75) is 6.54 Å². The van der Waals surface area contributed by atoms with Crippen LogP contribution >= 0.6 is 27.3 Å². The van der Waals surface area contributed by atoms with Crippen molar-refractivity contribution in [2.75, 3.05) is 5.73 Å². The molecule has 0 fully saturated rings. The third kappa shape index (κ3) is 3.10. The molecule has 1 aromatic carbocycles. The minimum atomic E-state index is -1.04. The van der Waals surface area contributed by atoms with E-state index in [1.165, 1.54) is 11.3 Å². The summed E-state index contributed by atoms with van der Waals surface area (Å²) in [5.41, 5.74) is 4.40. The third-order valence-corrected chi connectivity index (χ3v) is 4.02. The molecule has 2 rings (SSSR count). The minimum Gasteiger partial charge on any atom is -0.396 e. The van der Waals surface area contributed by atoms with Gasteiger partial charge in [0, 0.05) is 4.88 Å². The molecule has 0 saturated heterocycles. The fraction of sp³-hybridized carbons (Fsp3) is 0.0833. The number of rotatable bonds is 3. The van der Waals surface area contributed by atoms with Crippen LogP contribution in [0.2, 0.25) is 0 Å². The summed E-state index contributed by atoms with van der Waals surface area (Å²) in [6.07, 6.45) is 0. The van der Waals surface area contributed by atoms with Gasteiger partial charge in [0.2, 0.25) is 0 Å². The second-order valence-electron chi connectivity index (χ2n) is 3.71. The summed E-state index contributed by atoms with van der Waals surface area (Å²) in [4.78, 5) is 12.6. The number of hydrogen-bond acceptors (Lipinski definition) is 3. The van der Waals surface area contributed by atoms with Crippen LogP contribution in [0.25, 0.3) is 0 Å². The summed E-state index contributed by atoms with van der Waals surface area (Å²) in [6, 6.07) is 5.68. The molecule has 7 heteroatoms. The summed E-state index contributed by atoms with van der Waals surface area (Å²) in [5, 5.41) is 2.45. The monoisotopic (exact) mass is 346 g/mol. The first-order valence-electron chi connectivity index (χ1n) is 5.25. The summed E-state index contributed by atoms with van der Waals surface area (Å²) >= 11 is 4.71. The summed E-state index contributed by atoms with van der Waals surface area (Å²) in [6.45, 7) is 0.197. The third-order valence-electron chi connectivity index (χ3n) is 2.40. The number of nitrogens with one attached hydrogen (secondary N) is 1. The van der Waals surface area contributed by atoms with Crippen molar-refractivity contribution in [3.63, 3.8) is 0 Å². The molecule has 0 aliphatic rings.